The lowest BCUT2D eigenvalue weighted by atomic mass is 9.88. The van der Waals surface area contributed by atoms with E-state index in [0.29, 0.717) is 15.4 Å². The Balaban J connectivity index is 1.33. The first-order valence-corrected chi connectivity index (χ1v) is 21.1. The van der Waals surface area contributed by atoms with E-state index in [0.717, 1.165) is 25.7 Å². The Kier molecular flexibility index (Phi) is 11.2. The van der Waals surface area contributed by atoms with Gasteiger partial charge in [0.25, 0.3) is 0 Å². The van der Waals surface area contributed by atoms with Crippen LogP contribution in [0.25, 0.3) is 22.3 Å². The number of rotatable bonds is 12. The summed E-state index contributed by atoms with van der Waals surface area (Å²) in [5.74, 6) is 0.453. The molecule has 0 spiro atoms. The predicted octanol–water partition coefficient (Wildman–Crippen LogP) is 13.0. The van der Waals surface area contributed by atoms with Gasteiger partial charge in [0.15, 0.2) is 0 Å². The van der Waals surface area contributed by atoms with Crippen molar-refractivity contribution in [2.24, 2.45) is 5.92 Å². The zero-order valence-electron chi connectivity index (χ0n) is 33.1. The van der Waals surface area contributed by atoms with Gasteiger partial charge in [-0.2, -0.15) is 0 Å². The van der Waals surface area contributed by atoms with Crippen LogP contribution in [0.3, 0.4) is 0 Å². The van der Waals surface area contributed by atoms with E-state index in [1.165, 1.54) is 88.7 Å². The highest BCUT2D eigenvalue weighted by Gasteiger charge is 2.26. The Morgan fingerprint density at radius 1 is 0.393 bits per heavy atom. The van der Waals surface area contributed by atoms with E-state index in [-0.39, 0.29) is 0 Å². The molecule has 0 heterocycles. The number of benzene rings is 7. The maximum Gasteiger partial charge on any atom is 0.117 e. The van der Waals surface area contributed by atoms with Gasteiger partial charge in [0, 0.05) is 0 Å². The largest absolute Gasteiger partial charge is 0.117 e. The molecule has 1 aliphatic carbocycles. The molecule has 56 heavy (non-hydrogen) atoms. The molecule has 0 saturated carbocycles. The average Bonchev–Trinajstić information content (AvgIpc) is 3.40. The number of hydrogen-bond donors (Lipinski definition) is 0. The Bertz CT molecular complexity index is 2390. The molecule has 0 N–H and O–H groups in total. The van der Waals surface area contributed by atoms with Crippen molar-refractivity contribution in [3.05, 3.63) is 242 Å². The smallest absolute Gasteiger partial charge is 0.0695 e. The van der Waals surface area contributed by atoms with Crippen LogP contribution in [0, 0.1) is 5.92 Å². The number of allylic oxidation sites excluding steroid dienone is 4. The molecule has 0 saturated heterocycles. The Hall–Kier alpha value is -5.76. The van der Waals surface area contributed by atoms with Crippen LogP contribution in [0.2, 0.25) is 0 Å². The van der Waals surface area contributed by atoms with Crippen molar-refractivity contribution in [2.45, 2.75) is 53.4 Å². The Labute approximate surface area is 337 Å². The highest BCUT2D eigenvalue weighted by molar-refractivity contribution is 6.63. The lowest BCUT2D eigenvalue weighted by molar-refractivity contribution is 0.856. The molecule has 2 radical (unpaired) electrons. The fourth-order valence-electron chi connectivity index (χ4n) is 8.48. The molecule has 0 nitrogen and oxygen atoms in total. The standard InChI is InChI=1S/C55H50Si/c1-38-39(2)41(4)55(40(38)3)56-53-27-17-26-52(50-34-46(28-42-18-9-5-10-19-42)32-47(35-50)29-43-20-11-6-12-21-43)54(53)51-36-48(30-44-22-13-7-14-23-44)33-49(37-51)31-45-24-15-8-16-25-45/h5-27,32-37,40H,28-31H2,1-4H3. The SMILES string of the molecule is CC1=C(C)C(C)C([Si]c2cccc(-c3cc(Cc4ccccc4)cc(Cc4ccccc4)c3)c2-c2cc(Cc3ccccc3)cc(Cc3ccccc3)c2)=C1C. The van der Waals surface area contributed by atoms with Crippen molar-refractivity contribution in [1.29, 1.82) is 0 Å². The minimum atomic E-state index is 0.453. The molecule has 0 fully saturated rings. The quantitative estimate of drug-likeness (QED) is 0.110. The summed E-state index contributed by atoms with van der Waals surface area (Å²) in [6, 6.07) is 65.6. The van der Waals surface area contributed by atoms with E-state index in [4.69, 9.17) is 0 Å². The van der Waals surface area contributed by atoms with Crippen LogP contribution in [-0.4, -0.2) is 9.52 Å². The van der Waals surface area contributed by atoms with E-state index in [1.54, 1.807) is 5.20 Å². The molecule has 7 aromatic rings. The third-order valence-corrected chi connectivity index (χ3v) is 13.4. The summed E-state index contributed by atoms with van der Waals surface area (Å²) in [6.45, 7) is 9.39. The monoisotopic (exact) mass is 738 g/mol. The van der Waals surface area contributed by atoms with Crippen molar-refractivity contribution in [2.75, 3.05) is 0 Å². The van der Waals surface area contributed by atoms with Gasteiger partial charge in [0.1, 0.15) is 9.52 Å². The van der Waals surface area contributed by atoms with Gasteiger partial charge in [-0.1, -0.05) is 204 Å². The fraction of sp³-hybridized carbons (Fsp3) is 0.164. The molecule has 8 rings (SSSR count). The van der Waals surface area contributed by atoms with Crippen LogP contribution in [0.5, 0.6) is 0 Å². The van der Waals surface area contributed by atoms with Gasteiger partial charge in [0.2, 0.25) is 0 Å². The van der Waals surface area contributed by atoms with E-state index in [9.17, 15) is 0 Å². The molecule has 274 valence electrons. The minimum Gasteiger partial charge on any atom is -0.0695 e. The molecule has 0 aliphatic heterocycles. The zero-order valence-corrected chi connectivity index (χ0v) is 34.1. The van der Waals surface area contributed by atoms with Crippen LogP contribution < -0.4 is 5.19 Å². The van der Waals surface area contributed by atoms with Crippen molar-refractivity contribution in [1.82, 2.24) is 0 Å². The zero-order chi connectivity index (χ0) is 38.4. The third kappa shape index (κ3) is 8.54. The van der Waals surface area contributed by atoms with Gasteiger partial charge in [0.05, 0.1) is 0 Å². The molecule has 1 unspecified atom stereocenters. The van der Waals surface area contributed by atoms with Gasteiger partial charge in [-0.3, -0.25) is 0 Å². The summed E-state index contributed by atoms with van der Waals surface area (Å²) < 4.78 is 0. The van der Waals surface area contributed by atoms with E-state index in [2.05, 4.69) is 204 Å². The van der Waals surface area contributed by atoms with Crippen molar-refractivity contribution in [3.8, 4) is 22.3 Å². The van der Waals surface area contributed by atoms with Gasteiger partial charge >= 0.3 is 0 Å². The summed E-state index contributed by atoms with van der Waals surface area (Å²) in [7, 11) is 0.585. The lowest BCUT2D eigenvalue weighted by Crippen LogP contribution is -2.23. The minimum absolute atomic E-state index is 0.453. The summed E-state index contributed by atoms with van der Waals surface area (Å²) in [4.78, 5) is 0. The van der Waals surface area contributed by atoms with Gasteiger partial charge < -0.3 is 0 Å². The highest BCUT2D eigenvalue weighted by atomic mass is 28.2. The van der Waals surface area contributed by atoms with Crippen LogP contribution in [-0.2, 0) is 25.7 Å². The molecule has 1 heteroatoms. The van der Waals surface area contributed by atoms with Crippen LogP contribution in [0.4, 0.5) is 0 Å². The summed E-state index contributed by atoms with van der Waals surface area (Å²) >= 11 is 0. The molecular formula is C55H50Si. The van der Waals surface area contributed by atoms with Crippen molar-refractivity contribution >= 4 is 14.7 Å². The lowest BCUT2D eigenvalue weighted by Gasteiger charge is -2.21. The first-order valence-electron chi connectivity index (χ1n) is 20.1. The molecule has 1 atom stereocenters. The van der Waals surface area contributed by atoms with Crippen LogP contribution in [0.15, 0.2) is 198 Å². The fourth-order valence-corrected chi connectivity index (χ4v) is 10.2. The molecular weight excluding hydrogens is 689 g/mol. The summed E-state index contributed by atoms with van der Waals surface area (Å²) in [6.07, 6.45) is 3.59. The molecule has 7 aromatic carbocycles. The topological polar surface area (TPSA) is 0 Å². The van der Waals surface area contributed by atoms with Gasteiger partial charge in [-0.25, -0.2) is 0 Å². The maximum absolute atomic E-state index is 2.49. The van der Waals surface area contributed by atoms with Gasteiger partial charge in [-0.05, 0) is 125 Å². The Morgan fingerprint density at radius 2 is 0.786 bits per heavy atom. The second-order valence-corrected chi connectivity index (χ2v) is 17.0. The average molecular weight is 739 g/mol. The van der Waals surface area contributed by atoms with E-state index in [1.807, 2.05) is 0 Å². The van der Waals surface area contributed by atoms with Crippen molar-refractivity contribution in [3.63, 3.8) is 0 Å². The predicted molar refractivity (Wildman–Crippen MR) is 240 cm³/mol. The van der Waals surface area contributed by atoms with Crippen LogP contribution >= 0.6 is 0 Å². The molecule has 0 amide bonds. The van der Waals surface area contributed by atoms with E-state index < -0.39 is 0 Å². The van der Waals surface area contributed by atoms with Gasteiger partial charge in [-0.15, -0.1) is 0 Å². The second-order valence-electron chi connectivity index (χ2n) is 15.6. The Morgan fingerprint density at radius 3 is 1.16 bits per heavy atom. The molecule has 0 bridgehead atoms. The second kappa shape index (κ2) is 16.9. The summed E-state index contributed by atoms with van der Waals surface area (Å²) in [5, 5.41) is 3.00. The number of hydrogen-bond acceptors (Lipinski definition) is 0. The highest BCUT2D eigenvalue weighted by Crippen LogP contribution is 2.39. The van der Waals surface area contributed by atoms with Crippen molar-refractivity contribution < 1.29 is 0 Å². The molecule has 0 aromatic heterocycles. The third-order valence-electron chi connectivity index (χ3n) is 11.7. The normalized spacial score (nSPS) is 14.1. The first kappa shape index (κ1) is 37.2. The maximum atomic E-state index is 2.49. The summed E-state index contributed by atoms with van der Waals surface area (Å²) in [5.41, 5.74) is 20.5. The van der Waals surface area contributed by atoms with E-state index >= 15 is 0 Å². The first-order chi connectivity index (χ1) is 27.4. The van der Waals surface area contributed by atoms with Crippen LogP contribution in [0.1, 0.15) is 72.2 Å². The molecule has 1 aliphatic rings.